The van der Waals surface area contributed by atoms with E-state index in [0.29, 0.717) is 6.42 Å². The van der Waals surface area contributed by atoms with Gasteiger partial charge in [-0.05, 0) is 13.3 Å². The largest absolute Gasteiger partial charge is 0.0654 e. The summed E-state index contributed by atoms with van der Waals surface area (Å²) in [5.41, 5.74) is 0. The van der Waals surface area contributed by atoms with Gasteiger partial charge in [-0.25, -0.2) is 0 Å². The average Bonchev–Trinajstić information content (AvgIpc) is 2.47. The average molecular weight is 280 g/mol. The van der Waals surface area contributed by atoms with Crippen molar-refractivity contribution in [2.45, 2.75) is 122 Å². The number of hydrogen-bond donors (Lipinski definition) is 0. The predicted molar refractivity (Wildman–Crippen MR) is 92.0 cm³/mol. The Morgan fingerprint density at radius 1 is 0.400 bits per heavy atom. The third kappa shape index (κ3) is 18.0. The maximum atomic E-state index is 7.09. The van der Waals surface area contributed by atoms with Crippen molar-refractivity contribution in [3.8, 4) is 0 Å². The number of unbranched alkanes of at least 4 members (excludes halogenated alkanes) is 17. The van der Waals surface area contributed by atoms with Crippen LogP contribution in [0.5, 0.6) is 0 Å². The highest BCUT2D eigenvalue weighted by Gasteiger charge is 1.94. The topological polar surface area (TPSA) is 0 Å². The molecule has 0 aliphatic heterocycles. The molecule has 0 saturated heterocycles. The second kappa shape index (κ2) is 19.0. The van der Waals surface area contributed by atoms with Gasteiger partial charge in [0.2, 0.25) is 0 Å². The predicted octanol–water partition coefficient (Wildman–Crippen LogP) is 7.62. The second-order valence-electron chi connectivity index (χ2n) is 6.41. The Bertz CT molecular complexity index is 132. The van der Waals surface area contributed by atoms with Gasteiger partial charge in [-0.1, -0.05) is 116 Å². The fourth-order valence-corrected chi connectivity index (χ4v) is 2.85. The molecule has 0 aliphatic rings. The van der Waals surface area contributed by atoms with Crippen LogP contribution >= 0.6 is 0 Å². The van der Waals surface area contributed by atoms with Crippen LogP contribution in [0, 0.1) is 6.92 Å². The van der Waals surface area contributed by atoms with E-state index in [4.69, 9.17) is 6.92 Å². The maximum Gasteiger partial charge on any atom is -0.00936 e. The Kier molecular flexibility index (Phi) is 19.0. The summed E-state index contributed by atoms with van der Waals surface area (Å²) in [5.74, 6) is 0. The van der Waals surface area contributed by atoms with Gasteiger partial charge in [0, 0.05) is 0 Å². The van der Waals surface area contributed by atoms with Crippen LogP contribution in [0.2, 0.25) is 0 Å². The molecule has 0 rings (SSSR count). The quantitative estimate of drug-likeness (QED) is 0.240. The molecule has 0 saturated carbocycles. The zero-order chi connectivity index (χ0) is 14.7. The minimum absolute atomic E-state index is 0.624. The van der Waals surface area contributed by atoms with Crippen molar-refractivity contribution >= 4 is 0 Å². The van der Waals surface area contributed by atoms with Crippen molar-refractivity contribution in [3.05, 3.63) is 6.92 Å². The molecule has 20 heavy (non-hydrogen) atoms. The lowest BCUT2D eigenvalue weighted by Gasteiger charge is -2.03. The Hall–Kier alpha value is 0. The van der Waals surface area contributed by atoms with Gasteiger partial charge in [-0.2, -0.15) is 0 Å². The van der Waals surface area contributed by atoms with Crippen LogP contribution in [0.4, 0.5) is 0 Å². The minimum Gasteiger partial charge on any atom is -0.0654 e. The lowest BCUT2D eigenvalue weighted by molar-refractivity contribution is 0.527. The molecule has 0 amide bonds. The Morgan fingerprint density at radius 2 is 0.650 bits per heavy atom. The lowest BCUT2D eigenvalue weighted by Crippen LogP contribution is -1.83. The minimum atomic E-state index is 0.624. The molecular formula is C20H39. The molecular weight excluding hydrogens is 240 g/mol. The molecule has 0 unspecified atom stereocenters. The van der Waals surface area contributed by atoms with Crippen molar-refractivity contribution in [2.75, 3.05) is 0 Å². The third-order valence-electron chi connectivity index (χ3n) is 4.28. The zero-order valence-electron chi connectivity index (χ0n) is 14.2. The molecule has 0 heteroatoms. The molecule has 0 aromatic rings. The van der Waals surface area contributed by atoms with Crippen LogP contribution in [0.1, 0.15) is 122 Å². The molecule has 0 N–H and O–H groups in total. The summed E-state index contributed by atoms with van der Waals surface area (Å²) in [5, 5.41) is 0. The van der Waals surface area contributed by atoms with Crippen molar-refractivity contribution in [2.24, 2.45) is 0 Å². The smallest absolute Gasteiger partial charge is 0.00936 e. The van der Waals surface area contributed by atoms with E-state index in [2.05, 4.69) is 6.92 Å². The third-order valence-corrected chi connectivity index (χ3v) is 4.28. The lowest BCUT2D eigenvalue weighted by atomic mass is 10.0. The Balaban J connectivity index is 2.89. The van der Waals surface area contributed by atoms with Crippen LogP contribution < -0.4 is 0 Å². The van der Waals surface area contributed by atoms with Gasteiger partial charge >= 0.3 is 0 Å². The Labute approximate surface area is 130 Å². The van der Waals surface area contributed by atoms with Crippen molar-refractivity contribution < 1.29 is 0 Å². The molecule has 3 radical (unpaired) electrons. The number of rotatable bonds is 17. The molecule has 0 fully saturated rings. The first kappa shape index (κ1) is 20.0. The number of hydrogen-bond acceptors (Lipinski definition) is 0. The zero-order valence-corrected chi connectivity index (χ0v) is 14.2. The normalized spacial score (nSPS) is 11.1. The molecule has 0 heterocycles. The van der Waals surface area contributed by atoms with Crippen LogP contribution in [0.3, 0.4) is 0 Å². The summed E-state index contributed by atoms with van der Waals surface area (Å²) in [7, 11) is 0. The summed E-state index contributed by atoms with van der Waals surface area (Å²) in [4.78, 5) is 0. The Morgan fingerprint density at radius 3 is 0.900 bits per heavy atom. The summed E-state index contributed by atoms with van der Waals surface area (Å²) in [6.45, 7) is 9.37. The first-order valence-corrected chi connectivity index (χ1v) is 9.56. The van der Waals surface area contributed by atoms with Gasteiger partial charge in [-0.3, -0.25) is 0 Å². The highest BCUT2D eigenvalue weighted by atomic mass is 14.0. The molecule has 0 aromatic heterocycles. The second-order valence-corrected chi connectivity index (χ2v) is 6.41. The van der Waals surface area contributed by atoms with Crippen LogP contribution in [-0.4, -0.2) is 0 Å². The fraction of sp³-hybridized carbons (Fsp3) is 0.950. The van der Waals surface area contributed by atoms with Crippen LogP contribution in [-0.2, 0) is 0 Å². The van der Waals surface area contributed by atoms with Crippen molar-refractivity contribution in [1.29, 1.82) is 0 Å². The monoisotopic (exact) mass is 279 g/mol. The first-order valence-electron chi connectivity index (χ1n) is 9.56. The van der Waals surface area contributed by atoms with E-state index in [0.717, 1.165) is 6.42 Å². The standard InChI is InChI=1S/C20H39/c1-3-5-7-9-11-13-15-17-19-20-18-16-14-12-10-8-6-4-2/h3-20H2,1H3. The van der Waals surface area contributed by atoms with Crippen LogP contribution in [0.25, 0.3) is 0 Å². The summed E-state index contributed by atoms with van der Waals surface area (Å²) >= 11 is 0. The summed E-state index contributed by atoms with van der Waals surface area (Å²) < 4.78 is 0. The van der Waals surface area contributed by atoms with Crippen molar-refractivity contribution in [1.82, 2.24) is 0 Å². The van der Waals surface area contributed by atoms with Gasteiger partial charge < -0.3 is 0 Å². The van der Waals surface area contributed by atoms with Gasteiger partial charge in [0.15, 0.2) is 0 Å². The van der Waals surface area contributed by atoms with E-state index in [1.807, 2.05) is 0 Å². The van der Waals surface area contributed by atoms with E-state index < -0.39 is 0 Å². The van der Waals surface area contributed by atoms with Gasteiger partial charge in [0.25, 0.3) is 0 Å². The first-order chi connectivity index (χ1) is 9.91. The molecule has 0 aliphatic carbocycles. The van der Waals surface area contributed by atoms with Gasteiger partial charge in [0.1, 0.15) is 0 Å². The van der Waals surface area contributed by atoms with Gasteiger partial charge in [0.05, 0.1) is 0 Å². The molecule has 0 nitrogen and oxygen atoms in total. The summed E-state index contributed by atoms with van der Waals surface area (Å²) in [6, 6.07) is 0. The SMILES string of the molecule is [C]CCCCCCCCCCCCCCCCCCC. The highest BCUT2D eigenvalue weighted by Crippen LogP contribution is 2.14. The van der Waals surface area contributed by atoms with E-state index in [1.165, 1.54) is 103 Å². The van der Waals surface area contributed by atoms with E-state index in [1.54, 1.807) is 0 Å². The molecule has 119 valence electrons. The molecule has 0 aromatic carbocycles. The van der Waals surface area contributed by atoms with Crippen LogP contribution in [0.15, 0.2) is 0 Å². The van der Waals surface area contributed by atoms with E-state index in [9.17, 15) is 0 Å². The molecule has 0 spiro atoms. The molecule has 0 atom stereocenters. The van der Waals surface area contributed by atoms with E-state index in [-0.39, 0.29) is 0 Å². The highest BCUT2D eigenvalue weighted by molar-refractivity contribution is 4.50. The van der Waals surface area contributed by atoms with E-state index >= 15 is 0 Å². The van der Waals surface area contributed by atoms with Gasteiger partial charge in [-0.15, -0.1) is 0 Å². The van der Waals surface area contributed by atoms with Crippen molar-refractivity contribution in [3.63, 3.8) is 0 Å². The summed E-state index contributed by atoms with van der Waals surface area (Å²) in [6.07, 6.45) is 24.6. The molecule has 0 bridgehead atoms. The maximum absolute atomic E-state index is 7.09. The fourth-order valence-electron chi connectivity index (χ4n) is 2.85.